The van der Waals surface area contributed by atoms with Crippen molar-refractivity contribution in [2.45, 2.75) is 12.2 Å². The van der Waals surface area contributed by atoms with Crippen LogP contribution in [0.25, 0.3) is 6.08 Å². The van der Waals surface area contributed by atoms with Gasteiger partial charge in [-0.15, -0.1) is 0 Å². The summed E-state index contributed by atoms with van der Waals surface area (Å²) in [6, 6.07) is 1.00. The second kappa shape index (κ2) is 4.07. The maximum absolute atomic E-state index is 12.6. The molecular weight excluding hydrogens is 255 g/mol. The Bertz CT molecular complexity index is 496. The van der Waals surface area contributed by atoms with Crippen LogP contribution in [0.2, 0.25) is 5.02 Å². The number of carbonyl (C=O) groups excluding carboxylic acids is 1. The van der Waals surface area contributed by atoms with Crippen LogP contribution in [0.3, 0.4) is 0 Å². The number of benzene rings is 1. The highest BCUT2D eigenvalue weighted by atomic mass is 35.5. The molecule has 6 heteroatoms. The third-order valence-electron chi connectivity index (χ3n) is 2.49. The third kappa shape index (κ3) is 2.15. The van der Waals surface area contributed by atoms with Crippen molar-refractivity contribution < 1.29 is 18.0 Å². The predicted octanol–water partition coefficient (Wildman–Crippen LogP) is 3.17. The quantitative estimate of drug-likeness (QED) is 0.787. The summed E-state index contributed by atoms with van der Waals surface area (Å²) >= 11 is 5.78. The van der Waals surface area contributed by atoms with Crippen LogP contribution in [-0.4, -0.2) is 6.29 Å². The molecule has 0 bridgehead atoms. The molecule has 0 saturated heterocycles. The summed E-state index contributed by atoms with van der Waals surface area (Å²) < 4.78 is 37.8. The fraction of sp³-hybridized carbons (Fsp3) is 0.182. The molecule has 0 radical (unpaired) electrons. The molecule has 1 aliphatic heterocycles. The first-order valence-corrected chi connectivity index (χ1v) is 5.10. The number of halogens is 4. The Balaban J connectivity index is 2.62. The van der Waals surface area contributed by atoms with Crippen molar-refractivity contribution in [3.8, 4) is 0 Å². The number of hydrogen-bond donors (Lipinski definition) is 1. The van der Waals surface area contributed by atoms with E-state index in [2.05, 4.69) is 5.32 Å². The van der Waals surface area contributed by atoms with Crippen LogP contribution >= 0.6 is 11.6 Å². The Morgan fingerprint density at radius 2 is 2.06 bits per heavy atom. The van der Waals surface area contributed by atoms with Gasteiger partial charge in [0.15, 0.2) is 0 Å². The van der Waals surface area contributed by atoms with Gasteiger partial charge in [-0.05, 0) is 30.0 Å². The van der Waals surface area contributed by atoms with E-state index in [4.69, 9.17) is 11.6 Å². The first-order chi connectivity index (χ1) is 7.93. The largest absolute Gasteiger partial charge is 0.416 e. The molecular formula is C11H7ClF3NO. The van der Waals surface area contributed by atoms with Crippen molar-refractivity contribution in [1.82, 2.24) is 5.32 Å². The van der Waals surface area contributed by atoms with Crippen LogP contribution in [0.5, 0.6) is 0 Å². The van der Waals surface area contributed by atoms with Gasteiger partial charge in [-0.1, -0.05) is 11.6 Å². The van der Waals surface area contributed by atoms with Crippen LogP contribution < -0.4 is 5.32 Å². The molecule has 0 amide bonds. The van der Waals surface area contributed by atoms with Crippen molar-refractivity contribution in [2.75, 3.05) is 0 Å². The molecule has 0 fully saturated rings. The maximum atomic E-state index is 12.6. The van der Waals surface area contributed by atoms with E-state index in [0.717, 1.165) is 12.1 Å². The van der Waals surface area contributed by atoms with Gasteiger partial charge >= 0.3 is 6.18 Å². The highest BCUT2D eigenvalue weighted by molar-refractivity contribution is 6.32. The van der Waals surface area contributed by atoms with E-state index in [1.807, 2.05) is 0 Å². The highest BCUT2D eigenvalue weighted by Gasteiger charge is 2.33. The van der Waals surface area contributed by atoms with Gasteiger partial charge < -0.3 is 10.1 Å². The minimum Gasteiger partial charge on any atom is -0.378 e. The summed E-state index contributed by atoms with van der Waals surface area (Å²) in [6.07, 6.45) is -0.912. The standard InChI is InChI=1S/C11H7ClF3NO/c12-9-4-6(11(13,14)15)3-8-7(9)1-2-16-10(8)5-17/h1-5,10,16H. The molecule has 1 N–H and O–H groups in total. The van der Waals surface area contributed by atoms with Gasteiger partial charge in [-0.25, -0.2) is 0 Å². The zero-order valence-electron chi connectivity index (χ0n) is 8.38. The van der Waals surface area contributed by atoms with E-state index >= 15 is 0 Å². The molecule has 1 atom stereocenters. The fourth-order valence-electron chi connectivity index (χ4n) is 1.67. The van der Waals surface area contributed by atoms with Gasteiger partial charge in [0.1, 0.15) is 12.3 Å². The minimum absolute atomic E-state index is 0.0144. The van der Waals surface area contributed by atoms with Crippen molar-refractivity contribution in [1.29, 1.82) is 0 Å². The van der Waals surface area contributed by atoms with Crippen molar-refractivity contribution in [3.05, 3.63) is 40.0 Å². The monoisotopic (exact) mass is 261 g/mol. The minimum atomic E-state index is -4.48. The maximum Gasteiger partial charge on any atom is 0.416 e. The molecule has 1 aromatic carbocycles. The first-order valence-electron chi connectivity index (χ1n) is 4.72. The van der Waals surface area contributed by atoms with Crippen molar-refractivity contribution in [3.63, 3.8) is 0 Å². The second-order valence-corrected chi connectivity index (χ2v) is 3.98. The lowest BCUT2D eigenvalue weighted by molar-refractivity contribution is -0.137. The molecule has 90 valence electrons. The summed E-state index contributed by atoms with van der Waals surface area (Å²) in [6.45, 7) is 0. The summed E-state index contributed by atoms with van der Waals surface area (Å²) in [5.74, 6) is 0. The zero-order chi connectivity index (χ0) is 12.6. The summed E-state index contributed by atoms with van der Waals surface area (Å²) in [7, 11) is 0. The van der Waals surface area contributed by atoms with E-state index in [1.54, 1.807) is 0 Å². The van der Waals surface area contributed by atoms with Gasteiger partial charge in [-0.3, -0.25) is 0 Å². The molecule has 0 aliphatic carbocycles. The average molecular weight is 262 g/mol. The Hall–Kier alpha value is -1.49. The van der Waals surface area contributed by atoms with E-state index in [0.29, 0.717) is 11.8 Å². The Labute approximate surface area is 100 Å². The highest BCUT2D eigenvalue weighted by Crippen LogP contribution is 2.37. The normalized spacial score (nSPS) is 18.5. The molecule has 0 spiro atoms. The van der Waals surface area contributed by atoms with Gasteiger partial charge in [0.25, 0.3) is 0 Å². The van der Waals surface area contributed by atoms with Crippen LogP contribution in [-0.2, 0) is 11.0 Å². The number of nitrogens with one attached hydrogen (secondary N) is 1. The third-order valence-corrected chi connectivity index (χ3v) is 2.80. The van der Waals surface area contributed by atoms with Gasteiger partial charge in [0.05, 0.1) is 5.56 Å². The van der Waals surface area contributed by atoms with Crippen LogP contribution in [0.1, 0.15) is 22.7 Å². The topological polar surface area (TPSA) is 29.1 Å². The van der Waals surface area contributed by atoms with E-state index in [-0.39, 0.29) is 10.6 Å². The summed E-state index contributed by atoms with van der Waals surface area (Å²) in [5.41, 5.74) is -0.178. The summed E-state index contributed by atoms with van der Waals surface area (Å²) in [5, 5.41) is 2.64. The Morgan fingerprint density at radius 1 is 1.35 bits per heavy atom. The molecule has 0 saturated carbocycles. The number of alkyl halides is 3. The molecule has 2 rings (SSSR count). The number of aldehydes is 1. The Kier molecular flexibility index (Phi) is 2.87. The Morgan fingerprint density at radius 3 is 2.65 bits per heavy atom. The number of rotatable bonds is 1. The van der Waals surface area contributed by atoms with E-state index in [9.17, 15) is 18.0 Å². The second-order valence-electron chi connectivity index (χ2n) is 3.57. The van der Waals surface area contributed by atoms with Gasteiger partial charge in [0, 0.05) is 10.6 Å². The van der Waals surface area contributed by atoms with Crippen LogP contribution in [0, 0.1) is 0 Å². The number of hydrogen-bond acceptors (Lipinski definition) is 2. The molecule has 2 nitrogen and oxygen atoms in total. The molecule has 0 aromatic heterocycles. The molecule has 1 aliphatic rings. The number of fused-ring (bicyclic) bond motifs is 1. The summed E-state index contributed by atoms with van der Waals surface area (Å²) in [4.78, 5) is 10.8. The molecule has 1 heterocycles. The number of carbonyl (C=O) groups is 1. The van der Waals surface area contributed by atoms with Crippen LogP contribution in [0.4, 0.5) is 13.2 Å². The van der Waals surface area contributed by atoms with E-state index < -0.39 is 17.8 Å². The lowest BCUT2D eigenvalue weighted by Gasteiger charge is -2.21. The fourth-order valence-corrected chi connectivity index (χ4v) is 1.96. The van der Waals surface area contributed by atoms with Crippen molar-refractivity contribution >= 4 is 24.0 Å². The first kappa shape index (κ1) is 12.0. The van der Waals surface area contributed by atoms with Gasteiger partial charge in [0.2, 0.25) is 0 Å². The van der Waals surface area contributed by atoms with Crippen LogP contribution in [0.15, 0.2) is 18.3 Å². The molecule has 1 unspecified atom stereocenters. The smallest absolute Gasteiger partial charge is 0.378 e. The lowest BCUT2D eigenvalue weighted by atomic mass is 9.96. The lowest BCUT2D eigenvalue weighted by Crippen LogP contribution is -2.22. The average Bonchev–Trinajstić information content (AvgIpc) is 2.27. The van der Waals surface area contributed by atoms with E-state index in [1.165, 1.54) is 12.3 Å². The SMILES string of the molecule is O=CC1NC=Cc2c(Cl)cc(C(F)(F)F)cc21. The molecule has 1 aromatic rings. The van der Waals surface area contributed by atoms with Gasteiger partial charge in [-0.2, -0.15) is 13.2 Å². The van der Waals surface area contributed by atoms with Crippen molar-refractivity contribution in [2.24, 2.45) is 0 Å². The zero-order valence-corrected chi connectivity index (χ0v) is 9.14. The molecule has 17 heavy (non-hydrogen) atoms. The predicted molar refractivity (Wildman–Crippen MR) is 57.4 cm³/mol.